The van der Waals surface area contributed by atoms with E-state index in [-0.39, 0.29) is 29.2 Å². The average molecular weight is 500 g/mol. The van der Waals surface area contributed by atoms with Crippen molar-refractivity contribution >= 4 is 46.7 Å². The summed E-state index contributed by atoms with van der Waals surface area (Å²) in [6.45, 7) is 0.173. The number of nitrogens with zero attached hydrogens (tertiary/aromatic N) is 3. The molecule has 2 atom stereocenters. The summed E-state index contributed by atoms with van der Waals surface area (Å²) in [5.74, 6) is -4.01. The van der Waals surface area contributed by atoms with Gasteiger partial charge in [0.05, 0.1) is 18.4 Å². The highest BCUT2D eigenvalue weighted by molar-refractivity contribution is 5.97. The van der Waals surface area contributed by atoms with Gasteiger partial charge in [0.2, 0.25) is 5.95 Å². The molecule has 0 aliphatic carbocycles. The van der Waals surface area contributed by atoms with Crippen LogP contribution in [0.2, 0.25) is 0 Å². The van der Waals surface area contributed by atoms with Gasteiger partial charge in [0, 0.05) is 17.7 Å². The van der Waals surface area contributed by atoms with Crippen LogP contribution in [-0.2, 0) is 16.1 Å². The first kappa shape index (κ1) is 25.3. The van der Waals surface area contributed by atoms with Gasteiger partial charge in [-0.1, -0.05) is 0 Å². The third kappa shape index (κ3) is 6.40. The molecule has 2 amide bonds. The van der Waals surface area contributed by atoms with Crippen molar-refractivity contribution in [2.24, 2.45) is 0 Å². The smallest absolute Gasteiger partial charge is 0.405 e. The van der Waals surface area contributed by atoms with Gasteiger partial charge < -0.3 is 37.0 Å². The number of rotatable bonds is 10. The largest absolute Gasteiger partial charge is 0.480 e. The predicted molar refractivity (Wildman–Crippen MR) is 122 cm³/mol. The molecule has 0 bridgehead atoms. The van der Waals surface area contributed by atoms with Crippen LogP contribution in [0.25, 0.3) is 11.2 Å². The molecule has 3 rings (SSSR count). The number of nitrogen functional groups attached to an aromatic ring is 1. The summed E-state index contributed by atoms with van der Waals surface area (Å²) >= 11 is 0. The molecular weight excluding hydrogens is 480 g/mol. The minimum atomic E-state index is -1.74. The maximum atomic E-state index is 12.5. The van der Waals surface area contributed by atoms with Crippen molar-refractivity contribution in [1.29, 1.82) is 0 Å². The second kappa shape index (κ2) is 10.8. The average Bonchev–Trinajstić information content (AvgIpc) is 2.81. The first-order chi connectivity index (χ1) is 17.0. The Bertz CT molecular complexity index is 1370. The molecule has 188 valence electrons. The number of aromatic nitrogens is 4. The number of nitrogens with one attached hydrogen (secondary N) is 4. The number of anilines is 2. The fraction of sp³-hybridized carbons (Fsp3) is 0.200. The Morgan fingerprint density at radius 1 is 0.972 bits per heavy atom. The molecule has 0 fully saturated rings. The summed E-state index contributed by atoms with van der Waals surface area (Å²) in [7, 11) is 0. The van der Waals surface area contributed by atoms with Crippen LogP contribution in [0.15, 0.2) is 35.3 Å². The minimum absolute atomic E-state index is 0.0206. The Morgan fingerprint density at radius 2 is 1.61 bits per heavy atom. The van der Waals surface area contributed by atoms with E-state index in [0.717, 1.165) is 0 Å². The number of fused-ring (bicyclic) bond motifs is 1. The van der Waals surface area contributed by atoms with Gasteiger partial charge in [0.1, 0.15) is 12.1 Å². The van der Waals surface area contributed by atoms with E-state index in [4.69, 9.17) is 15.9 Å². The van der Waals surface area contributed by atoms with E-state index >= 15 is 0 Å². The van der Waals surface area contributed by atoms with Crippen LogP contribution in [0.4, 0.5) is 16.4 Å². The van der Waals surface area contributed by atoms with Crippen LogP contribution in [0.5, 0.6) is 0 Å². The van der Waals surface area contributed by atoms with Crippen LogP contribution in [0, 0.1) is 0 Å². The number of carboxylic acid groups (broad SMARTS) is 3. The number of benzene rings is 1. The van der Waals surface area contributed by atoms with E-state index in [0.29, 0.717) is 11.4 Å². The SMILES string of the molecule is Nc1nc2ncc(CNc3ccc(C(=O)NC(CC(NC(=O)O)C(=O)O)C(=O)O)cc3)nc2c(=O)[nH]1. The van der Waals surface area contributed by atoms with E-state index in [1.807, 2.05) is 0 Å². The highest BCUT2D eigenvalue weighted by atomic mass is 16.4. The van der Waals surface area contributed by atoms with Crippen molar-refractivity contribution in [3.8, 4) is 0 Å². The zero-order chi connectivity index (χ0) is 26.4. The number of hydrogen-bond acceptors (Lipinski definition) is 10. The normalized spacial score (nSPS) is 12.3. The Labute approximate surface area is 200 Å². The maximum absolute atomic E-state index is 12.5. The summed E-state index contributed by atoms with van der Waals surface area (Å²) in [6.07, 6.45) is -0.942. The third-order valence-corrected chi connectivity index (χ3v) is 4.78. The number of H-pyrrole nitrogens is 1. The molecule has 36 heavy (non-hydrogen) atoms. The summed E-state index contributed by atoms with van der Waals surface area (Å²) in [5, 5.41) is 34.0. The summed E-state index contributed by atoms with van der Waals surface area (Å²) in [6, 6.07) is 2.44. The van der Waals surface area contributed by atoms with Crippen LogP contribution in [0.1, 0.15) is 22.5 Å². The lowest BCUT2D eigenvalue weighted by atomic mass is 10.1. The van der Waals surface area contributed by atoms with E-state index in [2.05, 4.69) is 30.6 Å². The van der Waals surface area contributed by atoms with E-state index < -0.39 is 48.0 Å². The number of nitrogens with two attached hydrogens (primary N) is 1. The van der Waals surface area contributed by atoms with E-state index in [1.54, 1.807) is 5.32 Å². The molecule has 0 aliphatic heterocycles. The molecule has 0 saturated carbocycles. The second-order valence-corrected chi connectivity index (χ2v) is 7.36. The molecule has 9 N–H and O–H groups in total. The number of carbonyl (C=O) groups excluding carboxylic acids is 1. The van der Waals surface area contributed by atoms with Crippen LogP contribution in [0.3, 0.4) is 0 Å². The number of amides is 2. The molecule has 0 aliphatic rings. The van der Waals surface area contributed by atoms with Crippen LogP contribution >= 0.6 is 0 Å². The van der Waals surface area contributed by atoms with Crippen molar-refractivity contribution in [2.75, 3.05) is 11.1 Å². The maximum Gasteiger partial charge on any atom is 0.405 e. The second-order valence-electron chi connectivity index (χ2n) is 7.36. The van der Waals surface area contributed by atoms with Crippen molar-refractivity contribution in [3.05, 3.63) is 52.1 Å². The lowest BCUT2D eigenvalue weighted by Gasteiger charge is -2.19. The molecule has 0 radical (unpaired) electrons. The Morgan fingerprint density at radius 3 is 2.22 bits per heavy atom. The first-order valence-electron chi connectivity index (χ1n) is 10.1. The highest BCUT2D eigenvalue weighted by Gasteiger charge is 2.29. The monoisotopic (exact) mass is 500 g/mol. The van der Waals surface area contributed by atoms with Gasteiger partial charge in [-0.15, -0.1) is 0 Å². The molecule has 0 spiro atoms. The van der Waals surface area contributed by atoms with E-state index in [9.17, 15) is 29.1 Å². The predicted octanol–water partition coefficient (Wildman–Crippen LogP) is -0.799. The third-order valence-electron chi connectivity index (χ3n) is 4.78. The van der Waals surface area contributed by atoms with Gasteiger partial charge in [-0.2, -0.15) is 4.98 Å². The number of carboxylic acids is 2. The summed E-state index contributed by atoms with van der Waals surface area (Å²) < 4.78 is 0. The topological polar surface area (TPSA) is 263 Å². The molecular formula is C20H20N8O8. The van der Waals surface area contributed by atoms with Crippen molar-refractivity contribution in [1.82, 2.24) is 30.6 Å². The standard InChI is InChI=1S/C20H20N8O8/c21-19-27-14-13(16(30)28-19)24-10(7-23-14)6-22-9-3-1-8(2-4-9)15(29)25-11(17(31)32)5-12(18(33)34)26-20(35)36/h1-4,7,11-12,22,26H,5-6H2,(H,25,29)(H,31,32)(H,33,34)(H,35,36)(H3,21,23,27,28,30). The van der Waals surface area contributed by atoms with Gasteiger partial charge in [-0.05, 0) is 24.3 Å². The van der Waals surface area contributed by atoms with Crippen molar-refractivity contribution < 1.29 is 34.5 Å². The zero-order valence-corrected chi connectivity index (χ0v) is 18.3. The zero-order valence-electron chi connectivity index (χ0n) is 18.3. The van der Waals surface area contributed by atoms with Crippen LogP contribution in [-0.4, -0.2) is 71.3 Å². The highest BCUT2D eigenvalue weighted by Crippen LogP contribution is 2.12. The van der Waals surface area contributed by atoms with Crippen molar-refractivity contribution in [2.45, 2.75) is 25.0 Å². The van der Waals surface area contributed by atoms with Crippen molar-refractivity contribution in [3.63, 3.8) is 0 Å². The molecule has 3 aromatic rings. The van der Waals surface area contributed by atoms with Crippen LogP contribution < -0.4 is 27.2 Å². The quantitative estimate of drug-likeness (QED) is 0.170. The number of aliphatic carboxylic acids is 2. The lowest BCUT2D eigenvalue weighted by molar-refractivity contribution is -0.142. The number of hydrogen-bond donors (Lipinski definition) is 8. The van der Waals surface area contributed by atoms with E-state index in [1.165, 1.54) is 30.5 Å². The Balaban J connectivity index is 1.63. The molecule has 2 aromatic heterocycles. The Hall–Kier alpha value is -5.28. The first-order valence-corrected chi connectivity index (χ1v) is 10.1. The van der Waals surface area contributed by atoms with Gasteiger partial charge in [0.15, 0.2) is 11.2 Å². The molecule has 1 aromatic carbocycles. The molecule has 16 heteroatoms. The summed E-state index contributed by atoms with van der Waals surface area (Å²) in [5.41, 5.74) is 6.12. The number of carbonyl (C=O) groups is 4. The fourth-order valence-electron chi connectivity index (χ4n) is 3.06. The van der Waals surface area contributed by atoms with Gasteiger partial charge in [0.25, 0.3) is 11.5 Å². The van der Waals surface area contributed by atoms with Gasteiger partial charge in [-0.25, -0.2) is 24.4 Å². The molecule has 16 nitrogen and oxygen atoms in total. The molecule has 2 heterocycles. The van der Waals surface area contributed by atoms with Gasteiger partial charge in [-0.3, -0.25) is 14.6 Å². The minimum Gasteiger partial charge on any atom is -0.480 e. The Kier molecular flexibility index (Phi) is 7.58. The summed E-state index contributed by atoms with van der Waals surface area (Å²) in [4.78, 5) is 72.2. The number of aromatic amines is 1. The molecule has 2 unspecified atom stereocenters. The fourth-order valence-corrected chi connectivity index (χ4v) is 3.06. The van der Waals surface area contributed by atoms with Gasteiger partial charge >= 0.3 is 18.0 Å². The lowest BCUT2D eigenvalue weighted by Crippen LogP contribution is -2.49. The molecule has 0 saturated heterocycles.